The van der Waals surface area contributed by atoms with Gasteiger partial charge < -0.3 is 39.9 Å². The summed E-state index contributed by atoms with van der Waals surface area (Å²) in [5.41, 5.74) is 3.56. The minimum Gasteiger partial charge on any atom is -0.495 e. The topological polar surface area (TPSA) is 141 Å². The molecule has 1 aliphatic heterocycles. The molecule has 4 aromatic rings. The second-order valence-electron chi connectivity index (χ2n) is 8.84. The lowest BCUT2D eigenvalue weighted by molar-refractivity contribution is -0.119. The molecule has 0 unspecified atom stereocenters. The van der Waals surface area contributed by atoms with Crippen LogP contribution in [0.15, 0.2) is 41.1 Å². The van der Waals surface area contributed by atoms with Gasteiger partial charge in [-0.05, 0) is 44.3 Å². The number of H-pyrrole nitrogens is 1. The van der Waals surface area contributed by atoms with Gasteiger partial charge in [-0.15, -0.1) is 0 Å². The Morgan fingerprint density at radius 2 is 2.03 bits per heavy atom. The fourth-order valence-electron chi connectivity index (χ4n) is 4.33. The molecule has 1 aliphatic rings. The summed E-state index contributed by atoms with van der Waals surface area (Å²) in [5, 5.41) is 9.71. The van der Waals surface area contributed by atoms with E-state index in [1.54, 1.807) is 24.3 Å². The molecule has 4 heterocycles. The first-order chi connectivity index (χ1) is 17.9. The van der Waals surface area contributed by atoms with Crippen molar-refractivity contribution in [3.8, 4) is 5.75 Å². The Bertz CT molecular complexity index is 1470. The number of anilines is 5. The van der Waals surface area contributed by atoms with Crippen LogP contribution in [0.2, 0.25) is 0 Å². The first-order valence-electron chi connectivity index (χ1n) is 11.7. The van der Waals surface area contributed by atoms with Gasteiger partial charge in [0.05, 0.1) is 36.7 Å². The number of ether oxygens (including phenoxy) is 1. The minimum absolute atomic E-state index is 0.0300. The molecule has 0 bridgehead atoms. The van der Waals surface area contributed by atoms with Crippen molar-refractivity contribution in [3.63, 3.8) is 0 Å². The molecule has 3 aromatic heterocycles. The number of furan rings is 1. The molecule has 192 valence electrons. The maximum absolute atomic E-state index is 12.8. The number of carbonyl (C=O) groups is 2. The van der Waals surface area contributed by atoms with E-state index in [4.69, 9.17) is 9.15 Å². The van der Waals surface area contributed by atoms with Crippen LogP contribution in [0.25, 0.3) is 11.0 Å². The summed E-state index contributed by atoms with van der Waals surface area (Å²) in [6, 6.07) is 7.32. The van der Waals surface area contributed by atoms with E-state index in [1.165, 1.54) is 13.3 Å². The molecule has 0 aliphatic carbocycles. The van der Waals surface area contributed by atoms with E-state index in [2.05, 4.69) is 30.9 Å². The summed E-state index contributed by atoms with van der Waals surface area (Å²) >= 11 is 0. The van der Waals surface area contributed by atoms with E-state index in [9.17, 15) is 9.59 Å². The Morgan fingerprint density at radius 1 is 1.19 bits per heavy atom. The number of carbonyl (C=O) groups excluding carboxylic acids is 2. The highest BCUT2D eigenvalue weighted by Gasteiger charge is 2.27. The van der Waals surface area contributed by atoms with Crippen LogP contribution >= 0.6 is 0 Å². The quantitative estimate of drug-likeness (QED) is 0.285. The van der Waals surface area contributed by atoms with Crippen LogP contribution in [0.1, 0.15) is 16.1 Å². The van der Waals surface area contributed by atoms with Crippen LogP contribution in [0.4, 0.5) is 28.8 Å². The van der Waals surface area contributed by atoms with Gasteiger partial charge in [0, 0.05) is 31.5 Å². The first kappa shape index (κ1) is 24.1. The van der Waals surface area contributed by atoms with Crippen LogP contribution in [0.5, 0.6) is 5.75 Å². The Kier molecular flexibility index (Phi) is 6.40. The third kappa shape index (κ3) is 4.66. The van der Waals surface area contributed by atoms with E-state index in [1.807, 2.05) is 37.2 Å². The normalized spacial score (nSPS) is 12.6. The number of nitrogens with one attached hydrogen (secondary N) is 4. The van der Waals surface area contributed by atoms with Crippen LogP contribution < -0.4 is 25.6 Å². The van der Waals surface area contributed by atoms with Crippen molar-refractivity contribution < 1.29 is 18.7 Å². The number of aromatic amines is 1. The SMILES string of the molecule is CNC(=O)c1occc1Nc1nc(Nc2cc3c(cc2OC)CCN3C(=O)CN(C)C)nc2[nH]ccc12. The summed E-state index contributed by atoms with van der Waals surface area (Å²) in [5.74, 6) is 1.20. The van der Waals surface area contributed by atoms with Gasteiger partial charge in [0.25, 0.3) is 5.91 Å². The highest BCUT2D eigenvalue weighted by molar-refractivity contribution is 5.99. The lowest BCUT2D eigenvalue weighted by Crippen LogP contribution is -2.36. The van der Waals surface area contributed by atoms with Gasteiger partial charge in [0.15, 0.2) is 0 Å². The molecule has 0 radical (unpaired) electrons. The molecule has 5 rings (SSSR count). The minimum atomic E-state index is -0.360. The standard InChI is InChI=1S/C25H28N8O4/c1-26-24(35)21-16(7-10-37-21)28-23-15-5-8-27-22(15)30-25(31-23)29-17-12-18-14(11-19(17)36-4)6-9-33(18)20(34)13-32(2)3/h5,7-8,10-12H,6,9,13H2,1-4H3,(H,26,35)(H3,27,28,29,30,31). The lowest BCUT2D eigenvalue weighted by atomic mass is 10.1. The molecule has 0 atom stereocenters. The smallest absolute Gasteiger partial charge is 0.288 e. The van der Waals surface area contributed by atoms with Crippen LogP contribution in [0.3, 0.4) is 0 Å². The van der Waals surface area contributed by atoms with Gasteiger partial charge in [-0.1, -0.05) is 0 Å². The maximum Gasteiger partial charge on any atom is 0.288 e. The Morgan fingerprint density at radius 3 is 2.78 bits per heavy atom. The summed E-state index contributed by atoms with van der Waals surface area (Å²) < 4.78 is 11.0. The Labute approximate surface area is 213 Å². The van der Waals surface area contributed by atoms with Gasteiger partial charge >= 0.3 is 0 Å². The molecule has 0 fully saturated rings. The fraction of sp³-hybridized carbons (Fsp3) is 0.280. The van der Waals surface area contributed by atoms with Crippen molar-refractivity contribution in [3.05, 3.63) is 48.0 Å². The lowest BCUT2D eigenvalue weighted by Gasteiger charge is -2.21. The number of nitrogens with zero attached hydrogens (tertiary/aromatic N) is 4. The van der Waals surface area contributed by atoms with Gasteiger partial charge in [-0.3, -0.25) is 9.59 Å². The number of aromatic nitrogens is 3. The van der Waals surface area contributed by atoms with E-state index in [0.717, 1.165) is 23.1 Å². The number of fused-ring (bicyclic) bond motifs is 2. The summed E-state index contributed by atoms with van der Waals surface area (Å²) in [4.78, 5) is 41.0. The van der Waals surface area contributed by atoms with Gasteiger partial charge in [0.2, 0.25) is 17.6 Å². The van der Waals surface area contributed by atoms with Gasteiger partial charge in [-0.25, -0.2) is 0 Å². The molecular formula is C25H28N8O4. The van der Waals surface area contributed by atoms with Crippen LogP contribution in [0, 0.1) is 0 Å². The van der Waals surface area contributed by atoms with Crippen molar-refractivity contribution in [1.82, 2.24) is 25.2 Å². The molecular weight excluding hydrogens is 476 g/mol. The molecule has 12 heteroatoms. The van der Waals surface area contributed by atoms with Gasteiger partial charge in [0.1, 0.15) is 17.2 Å². The highest BCUT2D eigenvalue weighted by Crippen LogP contribution is 2.39. The Hall–Kier alpha value is -4.58. The van der Waals surface area contributed by atoms with E-state index >= 15 is 0 Å². The van der Waals surface area contributed by atoms with Crippen molar-refractivity contribution in [2.75, 3.05) is 56.9 Å². The predicted molar refractivity (Wildman–Crippen MR) is 140 cm³/mol. The van der Waals surface area contributed by atoms with Crippen molar-refractivity contribution in [1.29, 1.82) is 0 Å². The third-order valence-electron chi connectivity index (χ3n) is 6.06. The van der Waals surface area contributed by atoms with Crippen molar-refractivity contribution in [2.24, 2.45) is 0 Å². The zero-order valence-electron chi connectivity index (χ0n) is 21.0. The second kappa shape index (κ2) is 9.82. The molecule has 1 aromatic carbocycles. The number of hydrogen-bond donors (Lipinski definition) is 4. The van der Waals surface area contributed by atoms with Crippen LogP contribution in [-0.4, -0.2) is 73.0 Å². The highest BCUT2D eigenvalue weighted by atomic mass is 16.5. The number of hydrogen-bond acceptors (Lipinski definition) is 9. The van der Waals surface area contributed by atoms with E-state index in [0.29, 0.717) is 47.6 Å². The number of benzene rings is 1. The molecule has 37 heavy (non-hydrogen) atoms. The number of amides is 2. The largest absolute Gasteiger partial charge is 0.495 e. The molecule has 12 nitrogen and oxygen atoms in total. The zero-order valence-corrected chi connectivity index (χ0v) is 21.0. The van der Waals surface area contributed by atoms with Crippen LogP contribution in [-0.2, 0) is 11.2 Å². The predicted octanol–water partition coefficient (Wildman–Crippen LogP) is 2.86. The average molecular weight is 505 g/mol. The molecule has 0 saturated carbocycles. The Balaban J connectivity index is 1.49. The molecule has 4 N–H and O–H groups in total. The monoisotopic (exact) mass is 504 g/mol. The summed E-state index contributed by atoms with van der Waals surface area (Å²) in [7, 11) is 6.87. The van der Waals surface area contributed by atoms with Crippen molar-refractivity contribution >= 4 is 51.7 Å². The first-order valence-corrected chi connectivity index (χ1v) is 11.7. The van der Waals surface area contributed by atoms with Gasteiger partial charge in [-0.2, -0.15) is 9.97 Å². The summed E-state index contributed by atoms with van der Waals surface area (Å²) in [6.07, 6.45) is 3.94. The number of methoxy groups -OCH3 is 1. The summed E-state index contributed by atoms with van der Waals surface area (Å²) in [6.45, 7) is 0.938. The average Bonchev–Trinajstić information content (AvgIpc) is 3.62. The van der Waals surface area contributed by atoms with E-state index < -0.39 is 0 Å². The molecule has 0 spiro atoms. The van der Waals surface area contributed by atoms with Crippen molar-refractivity contribution in [2.45, 2.75) is 6.42 Å². The zero-order chi connectivity index (χ0) is 26.1. The fourth-order valence-corrected chi connectivity index (χ4v) is 4.33. The molecule has 0 saturated heterocycles. The maximum atomic E-state index is 12.8. The number of rotatable bonds is 8. The number of likely N-dealkylation sites (N-methyl/N-ethyl adjacent to an activating group) is 1. The molecule has 2 amide bonds. The van der Waals surface area contributed by atoms with E-state index in [-0.39, 0.29) is 17.6 Å². The third-order valence-corrected chi connectivity index (χ3v) is 6.06. The second-order valence-corrected chi connectivity index (χ2v) is 8.84.